The molecular formula is C14H26N4O. The second-order valence-corrected chi connectivity index (χ2v) is 5.56. The van der Waals surface area contributed by atoms with Gasteiger partial charge < -0.3 is 15.7 Å². The summed E-state index contributed by atoms with van der Waals surface area (Å²) in [5.74, 6) is 2.39. The molecule has 0 saturated heterocycles. The molecule has 0 fully saturated rings. The van der Waals surface area contributed by atoms with Crippen LogP contribution < -0.4 is 10.6 Å². The molecule has 0 saturated carbocycles. The van der Waals surface area contributed by atoms with Gasteiger partial charge in [-0.3, -0.25) is 0 Å². The Balaban J connectivity index is 2.63. The van der Waals surface area contributed by atoms with E-state index >= 15 is 0 Å². The molecule has 0 amide bonds. The van der Waals surface area contributed by atoms with Gasteiger partial charge in [-0.05, 0) is 25.2 Å². The highest BCUT2D eigenvalue weighted by Gasteiger charge is 2.15. The molecule has 0 aliphatic heterocycles. The molecule has 0 unspecified atom stereocenters. The number of anilines is 2. The van der Waals surface area contributed by atoms with Gasteiger partial charge in [-0.2, -0.15) is 0 Å². The fraction of sp³-hybridized carbons (Fsp3) is 0.714. The SMILES string of the molecule is CCC(C)(C)CNc1cc(NCCCO)nc(C)n1. The normalized spacial score (nSPS) is 11.4. The Kier molecular flexibility index (Phi) is 6.02. The molecule has 19 heavy (non-hydrogen) atoms. The van der Waals surface area contributed by atoms with Gasteiger partial charge in [-0.25, -0.2) is 9.97 Å². The van der Waals surface area contributed by atoms with Crippen LogP contribution in [0.4, 0.5) is 11.6 Å². The van der Waals surface area contributed by atoms with Crippen LogP contribution in [-0.2, 0) is 0 Å². The highest BCUT2D eigenvalue weighted by atomic mass is 16.3. The van der Waals surface area contributed by atoms with Crippen LogP contribution in [0.15, 0.2) is 6.07 Å². The van der Waals surface area contributed by atoms with Crippen LogP contribution in [0.1, 0.15) is 39.4 Å². The number of aromatic nitrogens is 2. The number of nitrogens with zero attached hydrogens (tertiary/aromatic N) is 2. The Morgan fingerprint density at radius 1 is 1.21 bits per heavy atom. The fourth-order valence-corrected chi connectivity index (χ4v) is 1.50. The summed E-state index contributed by atoms with van der Waals surface area (Å²) >= 11 is 0. The third-order valence-electron chi connectivity index (χ3n) is 3.18. The third-order valence-corrected chi connectivity index (χ3v) is 3.18. The molecule has 1 rings (SSSR count). The quantitative estimate of drug-likeness (QED) is 0.630. The number of aryl methyl sites for hydroxylation is 1. The standard InChI is InChI=1S/C14H26N4O/c1-5-14(3,4)10-16-13-9-12(15-7-6-8-19)17-11(2)18-13/h9,19H,5-8,10H2,1-4H3,(H2,15,16,17,18). The van der Waals surface area contributed by atoms with Crippen molar-refractivity contribution in [1.82, 2.24) is 9.97 Å². The Bertz CT molecular complexity index is 393. The third kappa shape index (κ3) is 5.87. The predicted octanol–water partition coefficient (Wildman–Crippen LogP) is 2.43. The molecule has 0 aliphatic rings. The first-order chi connectivity index (χ1) is 8.96. The first-order valence-corrected chi connectivity index (χ1v) is 6.91. The summed E-state index contributed by atoms with van der Waals surface area (Å²) in [5.41, 5.74) is 0.253. The lowest BCUT2D eigenvalue weighted by Crippen LogP contribution is -2.22. The zero-order chi connectivity index (χ0) is 14.3. The van der Waals surface area contributed by atoms with Crippen molar-refractivity contribution in [1.29, 1.82) is 0 Å². The lowest BCUT2D eigenvalue weighted by atomic mass is 9.90. The van der Waals surface area contributed by atoms with Crippen LogP contribution in [0, 0.1) is 12.3 Å². The number of nitrogens with one attached hydrogen (secondary N) is 2. The molecule has 5 heteroatoms. The van der Waals surface area contributed by atoms with Gasteiger partial charge in [0.15, 0.2) is 0 Å². The largest absolute Gasteiger partial charge is 0.396 e. The zero-order valence-corrected chi connectivity index (χ0v) is 12.5. The number of hydrogen-bond donors (Lipinski definition) is 3. The van der Waals surface area contributed by atoms with Gasteiger partial charge in [0.2, 0.25) is 0 Å². The molecule has 0 atom stereocenters. The van der Waals surface area contributed by atoms with Gasteiger partial charge in [0, 0.05) is 25.8 Å². The summed E-state index contributed by atoms with van der Waals surface area (Å²) in [6.45, 7) is 10.3. The van der Waals surface area contributed by atoms with E-state index < -0.39 is 0 Å². The van der Waals surface area contributed by atoms with Crippen LogP contribution in [0.5, 0.6) is 0 Å². The summed E-state index contributed by atoms with van der Waals surface area (Å²) < 4.78 is 0. The molecule has 108 valence electrons. The van der Waals surface area contributed by atoms with E-state index in [0.29, 0.717) is 13.0 Å². The van der Waals surface area contributed by atoms with Gasteiger partial charge in [0.25, 0.3) is 0 Å². The molecule has 1 aromatic heterocycles. The Hall–Kier alpha value is -1.36. The van der Waals surface area contributed by atoms with Crippen LogP contribution in [0.2, 0.25) is 0 Å². The van der Waals surface area contributed by atoms with Gasteiger partial charge in [-0.1, -0.05) is 20.8 Å². The number of aliphatic hydroxyl groups is 1. The van der Waals surface area contributed by atoms with Gasteiger partial charge >= 0.3 is 0 Å². The van der Waals surface area contributed by atoms with Crippen molar-refractivity contribution in [2.45, 2.75) is 40.5 Å². The minimum absolute atomic E-state index is 0.187. The van der Waals surface area contributed by atoms with Gasteiger partial charge in [0.05, 0.1) is 0 Å². The number of rotatable bonds is 8. The maximum Gasteiger partial charge on any atom is 0.131 e. The molecule has 0 bridgehead atoms. The minimum atomic E-state index is 0.187. The summed E-state index contributed by atoms with van der Waals surface area (Å²) in [7, 11) is 0. The van der Waals surface area contributed by atoms with E-state index in [1.165, 1.54) is 0 Å². The van der Waals surface area contributed by atoms with Crippen molar-refractivity contribution >= 4 is 11.6 Å². The number of hydrogen-bond acceptors (Lipinski definition) is 5. The van der Waals surface area contributed by atoms with E-state index in [2.05, 4.69) is 41.4 Å². The maximum absolute atomic E-state index is 8.77. The monoisotopic (exact) mass is 266 g/mol. The van der Waals surface area contributed by atoms with E-state index in [0.717, 1.165) is 30.4 Å². The molecule has 0 aromatic carbocycles. The highest BCUT2D eigenvalue weighted by molar-refractivity contribution is 5.47. The topological polar surface area (TPSA) is 70.1 Å². The first kappa shape index (κ1) is 15.7. The second-order valence-electron chi connectivity index (χ2n) is 5.56. The maximum atomic E-state index is 8.77. The molecule has 0 radical (unpaired) electrons. The van der Waals surface area contributed by atoms with Crippen LogP contribution in [-0.4, -0.2) is 34.8 Å². The van der Waals surface area contributed by atoms with E-state index in [1.807, 2.05) is 13.0 Å². The van der Waals surface area contributed by atoms with Crippen molar-refractivity contribution in [3.63, 3.8) is 0 Å². The van der Waals surface area contributed by atoms with Crippen LogP contribution >= 0.6 is 0 Å². The average molecular weight is 266 g/mol. The van der Waals surface area contributed by atoms with E-state index in [-0.39, 0.29) is 12.0 Å². The molecule has 0 spiro atoms. The smallest absolute Gasteiger partial charge is 0.131 e. The highest BCUT2D eigenvalue weighted by Crippen LogP contribution is 2.20. The van der Waals surface area contributed by atoms with Crippen LogP contribution in [0.25, 0.3) is 0 Å². The van der Waals surface area contributed by atoms with Gasteiger partial charge in [0.1, 0.15) is 17.5 Å². The average Bonchev–Trinajstić information content (AvgIpc) is 2.36. The summed E-state index contributed by atoms with van der Waals surface area (Å²) in [6.07, 6.45) is 1.83. The Morgan fingerprint density at radius 2 is 1.84 bits per heavy atom. The summed E-state index contributed by atoms with van der Waals surface area (Å²) in [4.78, 5) is 8.71. The van der Waals surface area contributed by atoms with E-state index in [4.69, 9.17) is 5.11 Å². The van der Waals surface area contributed by atoms with Crippen molar-refractivity contribution in [2.75, 3.05) is 30.3 Å². The lowest BCUT2D eigenvalue weighted by molar-refractivity contribution is 0.292. The Morgan fingerprint density at radius 3 is 2.42 bits per heavy atom. The van der Waals surface area contributed by atoms with Crippen molar-refractivity contribution in [3.05, 3.63) is 11.9 Å². The van der Waals surface area contributed by atoms with Crippen molar-refractivity contribution < 1.29 is 5.11 Å². The zero-order valence-electron chi connectivity index (χ0n) is 12.5. The molecule has 5 nitrogen and oxygen atoms in total. The molecule has 1 heterocycles. The molecule has 0 aliphatic carbocycles. The second kappa shape index (κ2) is 7.28. The summed E-state index contributed by atoms with van der Waals surface area (Å²) in [6, 6.07) is 1.91. The number of aliphatic hydroxyl groups excluding tert-OH is 1. The molecule has 3 N–H and O–H groups in total. The fourth-order valence-electron chi connectivity index (χ4n) is 1.50. The van der Waals surface area contributed by atoms with E-state index in [9.17, 15) is 0 Å². The summed E-state index contributed by atoms with van der Waals surface area (Å²) in [5, 5.41) is 15.3. The predicted molar refractivity (Wildman–Crippen MR) is 79.5 cm³/mol. The van der Waals surface area contributed by atoms with Crippen molar-refractivity contribution in [2.24, 2.45) is 5.41 Å². The molecule has 1 aromatic rings. The lowest BCUT2D eigenvalue weighted by Gasteiger charge is -2.23. The van der Waals surface area contributed by atoms with E-state index in [1.54, 1.807) is 0 Å². The molecular weight excluding hydrogens is 240 g/mol. The van der Waals surface area contributed by atoms with Gasteiger partial charge in [-0.15, -0.1) is 0 Å². The van der Waals surface area contributed by atoms with Crippen LogP contribution in [0.3, 0.4) is 0 Å². The Labute approximate surface area is 115 Å². The van der Waals surface area contributed by atoms with Crippen molar-refractivity contribution in [3.8, 4) is 0 Å². The minimum Gasteiger partial charge on any atom is -0.396 e. The first-order valence-electron chi connectivity index (χ1n) is 6.91.